The Kier molecular flexibility index (Phi) is 8.92. The summed E-state index contributed by atoms with van der Waals surface area (Å²) in [5, 5.41) is 6.45. The minimum absolute atomic E-state index is 0.247. The van der Waals surface area contributed by atoms with Gasteiger partial charge in [0.15, 0.2) is 0 Å². The van der Waals surface area contributed by atoms with E-state index in [4.69, 9.17) is 0 Å². The number of rotatable bonds is 9. The van der Waals surface area contributed by atoms with Crippen LogP contribution in [0.2, 0.25) is 0 Å². The Morgan fingerprint density at radius 2 is 1.89 bits per heavy atom. The minimum atomic E-state index is 0.247. The molecule has 0 aromatic carbocycles. The standard InChI is InChI=1S/C15H30N2O/c1-2-3-4-5-6-7-8-11-15(18)17-14-10-9-12-16-13-14/h14,16H,2-13H2,1H3,(H,17,18)/t14-/m0/s1. The molecule has 0 unspecified atom stereocenters. The van der Waals surface area contributed by atoms with Crippen molar-refractivity contribution in [2.45, 2.75) is 77.2 Å². The summed E-state index contributed by atoms with van der Waals surface area (Å²) in [4.78, 5) is 11.7. The molecule has 106 valence electrons. The SMILES string of the molecule is CCCCCCCCCC(=O)N[C@H]1CCCNC1. The van der Waals surface area contributed by atoms with E-state index in [2.05, 4.69) is 17.6 Å². The summed E-state index contributed by atoms with van der Waals surface area (Å²) in [5.74, 6) is 0.247. The second kappa shape index (κ2) is 10.4. The van der Waals surface area contributed by atoms with Gasteiger partial charge in [-0.2, -0.15) is 0 Å². The smallest absolute Gasteiger partial charge is 0.220 e. The molecule has 0 aliphatic carbocycles. The zero-order chi connectivity index (χ0) is 13.1. The molecule has 1 atom stereocenters. The fourth-order valence-corrected chi connectivity index (χ4v) is 2.52. The predicted molar refractivity (Wildman–Crippen MR) is 76.6 cm³/mol. The van der Waals surface area contributed by atoms with Crippen molar-refractivity contribution in [1.82, 2.24) is 10.6 Å². The summed E-state index contributed by atoms with van der Waals surface area (Å²) in [6.45, 7) is 4.29. The molecule has 0 aromatic heterocycles. The molecule has 0 spiro atoms. The molecule has 1 heterocycles. The van der Waals surface area contributed by atoms with E-state index in [1.807, 2.05) is 0 Å². The van der Waals surface area contributed by atoms with Crippen molar-refractivity contribution < 1.29 is 4.79 Å². The number of amides is 1. The zero-order valence-corrected chi connectivity index (χ0v) is 12.0. The molecule has 3 nitrogen and oxygen atoms in total. The van der Waals surface area contributed by atoms with Gasteiger partial charge in [-0.1, -0.05) is 45.4 Å². The van der Waals surface area contributed by atoms with Gasteiger partial charge in [0.1, 0.15) is 0 Å². The number of hydrogen-bond acceptors (Lipinski definition) is 2. The molecule has 1 rings (SSSR count). The maximum Gasteiger partial charge on any atom is 0.220 e. The zero-order valence-electron chi connectivity index (χ0n) is 12.0. The number of piperidine rings is 1. The maximum absolute atomic E-state index is 11.7. The average molecular weight is 254 g/mol. The van der Waals surface area contributed by atoms with Crippen molar-refractivity contribution in [2.24, 2.45) is 0 Å². The summed E-state index contributed by atoms with van der Waals surface area (Å²) >= 11 is 0. The van der Waals surface area contributed by atoms with Crippen LogP contribution in [0.15, 0.2) is 0 Å². The molecule has 3 heteroatoms. The molecule has 1 aliphatic rings. The van der Waals surface area contributed by atoms with Gasteiger partial charge in [-0.3, -0.25) is 4.79 Å². The van der Waals surface area contributed by atoms with E-state index in [9.17, 15) is 4.79 Å². The van der Waals surface area contributed by atoms with Crippen LogP contribution in [0.3, 0.4) is 0 Å². The van der Waals surface area contributed by atoms with Crippen molar-refractivity contribution in [1.29, 1.82) is 0 Å². The first-order valence-corrected chi connectivity index (χ1v) is 7.83. The molecule has 1 aliphatic heterocycles. The Morgan fingerprint density at radius 3 is 2.56 bits per heavy atom. The van der Waals surface area contributed by atoms with Gasteiger partial charge in [0.25, 0.3) is 0 Å². The van der Waals surface area contributed by atoms with Crippen molar-refractivity contribution in [3.63, 3.8) is 0 Å². The highest BCUT2D eigenvalue weighted by atomic mass is 16.1. The summed E-state index contributed by atoms with van der Waals surface area (Å²) in [6, 6.07) is 0.371. The number of nitrogens with one attached hydrogen (secondary N) is 2. The highest BCUT2D eigenvalue weighted by molar-refractivity contribution is 5.76. The number of carbonyl (C=O) groups is 1. The summed E-state index contributed by atoms with van der Waals surface area (Å²) in [6.07, 6.45) is 11.9. The molecule has 0 radical (unpaired) electrons. The van der Waals surface area contributed by atoms with E-state index < -0.39 is 0 Å². The molecule has 1 fully saturated rings. The topological polar surface area (TPSA) is 41.1 Å². The minimum Gasteiger partial charge on any atom is -0.352 e. The van der Waals surface area contributed by atoms with Crippen molar-refractivity contribution in [3.8, 4) is 0 Å². The molecule has 0 saturated carbocycles. The van der Waals surface area contributed by atoms with E-state index in [-0.39, 0.29) is 5.91 Å². The lowest BCUT2D eigenvalue weighted by atomic mass is 10.1. The van der Waals surface area contributed by atoms with Gasteiger partial charge in [0.2, 0.25) is 5.91 Å². The molecule has 1 amide bonds. The van der Waals surface area contributed by atoms with Gasteiger partial charge >= 0.3 is 0 Å². The Bertz CT molecular complexity index is 213. The second-order valence-corrected chi connectivity index (χ2v) is 5.48. The maximum atomic E-state index is 11.7. The van der Waals surface area contributed by atoms with Gasteiger partial charge in [-0.25, -0.2) is 0 Å². The average Bonchev–Trinajstić information content (AvgIpc) is 2.39. The Hall–Kier alpha value is -0.570. The van der Waals surface area contributed by atoms with Crippen molar-refractivity contribution in [3.05, 3.63) is 0 Å². The van der Waals surface area contributed by atoms with Crippen LogP contribution in [-0.2, 0) is 4.79 Å². The van der Waals surface area contributed by atoms with Crippen LogP contribution in [0.4, 0.5) is 0 Å². The lowest BCUT2D eigenvalue weighted by Gasteiger charge is -2.23. The Morgan fingerprint density at radius 1 is 1.17 bits per heavy atom. The fourth-order valence-electron chi connectivity index (χ4n) is 2.52. The first-order valence-electron chi connectivity index (χ1n) is 7.83. The van der Waals surface area contributed by atoms with E-state index in [1.165, 1.54) is 44.9 Å². The third kappa shape index (κ3) is 7.70. The quantitative estimate of drug-likeness (QED) is 0.621. The third-order valence-electron chi connectivity index (χ3n) is 3.67. The summed E-state index contributed by atoms with van der Waals surface area (Å²) < 4.78 is 0. The van der Waals surface area contributed by atoms with Crippen molar-refractivity contribution >= 4 is 5.91 Å². The summed E-state index contributed by atoms with van der Waals surface area (Å²) in [7, 11) is 0. The third-order valence-corrected chi connectivity index (χ3v) is 3.67. The molecule has 2 N–H and O–H groups in total. The number of hydrogen-bond donors (Lipinski definition) is 2. The first-order chi connectivity index (χ1) is 8.83. The van der Waals surface area contributed by atoms with Gasteiger partial charge in [0, 0.05) is 19.0 Å². The highest BCUT2D eigenvalue weighted by Gasteiger charge is 2.14. The van der Waals surface area contributed by atoms with Crippen LogP contribution in [0, 0.1) is 0 Å². The van der Waals surface area contributed by atoms with Crippen LogP contribution in [0.25, 0.3) is 0 Å². The molecule has 18 heavy (non-hydrogen) atoms. The highest BCUT2D eigenvalue weighted by Crippen LogP contribution is 2.08. The fraction of sp³-hybridized carbons (Fsp3) is 0.933. The van der Waals surface area contributed by atoms with Gasteiger partial charge in [-0.05, 0) is 25.8 Å². The molecule has 0 bridgehead atoms. The molecular weight excluding hydrogens is 224 g/mol. The molecular formula is C15H30N2O. The number of carbonyl (C=O) groups excluding carboxylic acids is 1. The predicted octanol–water partition coefficient (Wildman–Crippen LogP) is 3.00. The Labute approximate surface area is 112 Å². The normalized spacial score (nSPS) is 19.7. The van der Waals surface area contributed by atoms with Crippen LogP contribution in [0.1, 0.15) is 71.1 Å². The van der Waals surface area contributed by atoms with Gasteiger partial charge in [0.05, 0.1) is 0 Å². The van der Waals surface area contributed by atoms with E-state index in [0.29, 0.717) is 12.5 Å². The summed E-state index contributed by atoms with van der Waals surface area (Å²) in [5.41, 5.74) is 0. The lowest BCUT2D eigenvalue weighted by molar-refractivity contribution is -0.122. The Balaban J connectivity index is 1.90. The van der Waals surface area contributed by atoms with Crippen LogP contribution in [-0.4, -0.2) is 25.0 Å². The van der Waals surface area contributed by atoms with Crippen LogP contribution >= 0.6 is 0 Å². The van der Waals surface area contributed by atoms with Gasteiger partial charge < -0.3 is 10.6 Å². The van der Waals surface area contributed by atoms with E-state index in [0.717, 1.165) is 25.9 Å². The second-order valence-electron chi connectivity index (χ2n) is 5.48. The monoisotopic (exact) mass is 254 g/mol. The molecule has 1 saturated heterocycles. The van der Waals surface area contributed by atoms with E-state index >= 15 is 0 Å². The van der Waals surface area contributed by atoms with Crippen LogP contribution in [0.5, 0.6) is 0 Å². The van der Waals surface area contributed by atoms with E-state index in [1.54, 1.807) is 0 Å². The lowest BCUT2D eigenvalue weighted by Crippen LogP contribution is -2.45. The van der Waals surface area contributed by atoms with Gasteiger partial charge in [-0.15, -0.1) is 0 Å². The molecule has 0 aromatic rings. The van der Waals surface area contributed by atoms with Crippen molar-refractivity contribution in [2.75, 3.05) is 13.1 Å². The first kappa shape index (κ1) is 15.5. The number of unbranched alkanes of at least 4 members (excludes halogenated alkanes) is 6. The largest absolute Gasteiger partial charge is 0.352 e. The van der Waals surface area contributed by atoms with Crippen LogP contribution < -0.4 is 10.6 Å².